The van der Waals surface area contributed by atoms with Crippen LogP contribution in [0.15, 0.2) is 53.6 Å². The average Bonchev–Trinajstić information content (AvgIpc) is 2.68. The monoisotopic (exact) mass is 374 g/mol. The van der Waals surface area contributed by atoms with Crippen molar-refractivity contribution in [1.82, 2.24) is 9.96 Å². The van der Waals surface area contributed by atoms with Gasteiger partial charge < -0.3 is 0 Å². The lowest BCUT2D eigenvalue weighted by Crippen LogP contribution is -2.48. The van der Waals surface area contributed by atoms with Crippen LogP contribution in [-0.4, -0.2) is 43.1 Å². The van der Waals surface area contributed by atoms with Gasteiger partial charge in [-0.1, -0.05) is 54.1 Å². The molecular formula is C21H27ClN2O2. The first-order valence-electron chi connectivity index (χ1n) is 9.20. The number of halogens is 1. The zero-order valence-electron chi connectivity index (χ0n) is 15.5. The zero-order chi connectivity index (χ0) is 18.5. The largest absolute Gasteiger partial charge is 0.299 e. The van der Waals surface area contributed by atoms with E-state index in [1.54, 1.807) is 14.2 Å². The van der Waals surface area contributed by atoms with Gasteiger partial charge in [0.05, 0.1) is 7.11 Å². The Kier molecular flexibility index (Phi) is 6.52. The van der Waals surface area contributed by atoms with E-state index in [-0.39, 0.29) is 17.7 Å². The van der Waals surface area contributed by atoms with Crippen LogP contribution in [0.25, 0.3) is 0 Å². The topological polar surface area (TPSA) is 32.8 Å². The fraction of sp³-hybridized carbons (Fsp3) is 0.476. The predicted octanol–water partition coefficient (Wildman–Crippen LogP) is 3.84. The molecule has 1 aromatic carbocycles. The van der Waals surface area contributed by atoms with E-state index < -0.39 is 0 Å². The second-order valence-corrected chi connectivity index (χ2v) is 7.58. The Labute approximate surface area is 161 Å². The third-order valence-electron chi connectivity index (χ3n) is 5.53. The molecule has 0 spiro atoms. The number of carbonyl (C=O) groups is 1. The summed E-state index contributed by atoms with van der Waals surface area (Å²) in [4.78, 5) is 20.5. The molecule has 26 heavy (non-hydrogen) atoms. The van der Waals surface area contributed by atoms with E-state index in [2.05, 4.69) is 41.3 Å². The van der Waals surface area contributed by atoms with Gasteiger partial charge in [-0.2, -0.15) is 0 Å². The first-order chi connectivity index (χ1) is 12.6. The van der Waals surface area contributed by atoms with Crippen molar-refractivity contribution in [3.05, 3.63) is 59.2 Å². The van der Waals surface area contributed by atoms with Gasteiger partial charge in [0.1, 0.15) is 0 Å². The van der Waals surface area contributed by atoms with Gasteiger partial charge in [-0.3, -0.25) is 14.5 Å². The van der Waals surface area contributed by atoms with Crippen LogP contribution in [0, 0.1) is 17.8 Å². The van der Waals surface area contributed by atoms with E-state index in [0.29, 0.717) is 5.92 Å². The highest BCUT2D eigenvalue weighted by Gasteiger charge is 2.39. The molecule has 1 aromatic rings. The fourth-order valence-corrected chi connectivity index (χ4v) is 4.19. The summed E-state index contributed by atoms with van der Waals surface area (Å²) < 4.78 is 0. The van der Waals surface area contributed by atoms with Gasteiger partial charge in [-0.15, -0.1) is 0 Å². The molecule has 3 atom stereocenters. The molecule has 0 aromatic heterocycles. The number of piperidine rings is 1. The van der Waals surface area contributed by atoms with Crippen LogP contribution in [0.2, 0.25) is 0 Å². The number of carbonyl (C=O) groups excluding carboxylic acids is 1. The van der Waals surface area contributed by atoms with Crippen molar-refractivity contribution in [3.63, 3.8) is 0 Å². The maximum atomic E-state index is 12.8. The smallest absolute Gasteiger partial charge is 0.249 e. The van der Waals surface area contributed by atoms with Gasteiger partial charge in [-0.05, 0) is 42.9 Å². The lowest BCUT2D eigenvalue weighted by Gasteiger charge is -2.42. The van der Waals surface area contributed by atoms with Crippen molar-refractivity contribution in [2.24, 2.45) is 17.8 Å². The molecule has 1 fully saturated rings. The minimum absolute atomic E-state index is 0.0214. The molecule has 4 nitrogen and oxygen atoms in total. The molecule has 1 saturated heterocycles. The fourth-order valence-electron chi connectivity index (χ4n) is 4.03. The molecule has 0 saturated carbocycles. The SMILES string of the molecule is CON(C)C(=O)[C@@H]1CCN(Cc2ccccc2)C[C@@H]1C1C=CC(Cl)=CC1. The summed E-state index contributed by atoms with van der Waals surface area (Å²) in [6, 6.07) is 10.5. The second-order valence-electron chi connectivity index (χ2n) is 7.15. The van der Waals surface area contributed by atoms with Crippen LogP contribution in [0.5, 0.6) is 0 Å². The normalized spacial score (nSPS) is 26.4. The van der Waals surface area contributed by atoms with Crippen LogP contribution in [0.1, 0.15) is 18.4 Å². The van der Waals surface area contributed by atoms with Gasteiger partial charge in [-0.25, -0.2) is 5.06 Å². The van der Waals surface area contributed by atoms with Crippen LogP contribution in [0.4, 0.5) is 0 Å². The van der Waals surface area contributed by atoms with Gasteiger partial charge in [0, 0.05) is 31.1 Å². The number of hydrogen-bond acceptors (Lipinski definition) is 3. The summed E-state index contributed by atoms with van der Waals surface area (Å²) in [5, 5.41) is 2.16. The lowest BCUT2D eigenvalue weighted by atomic mass is 9.74. The van der Waals surface area contributed by atoms with Crippen LogP contribution >= 0.6 is 11.6 Å². The molecule has 1 heterocycles. The van der Waals surface area contributed by atoms with Crippen molar-refractivity contribution in [3.8, 4) is 0 Å². The molecule has 2 aliphatic rings. The standard InChI is InChI=1S/C21H27ClN2O2/c1-23(26-2)21(25)19-12-13-24(14-16-6-4-3-5-7-16)15-20(19)17-8-10-18(22)11-9-17/h3-8,10-11,17,19-20H,9,12-15H2,1-2H3/t17?,19-,20-/m1/s1. The third-order valence-corrected chi connectivity index (χ3v) is 5.81. The Balaban J connectivity index is 1.75. The van der Waals surface area contributed by atoms with E-state index in [1.165, 1.54) is 10.6 Å². The molecular weight excluding hydrogens is 348 g/mol. The number of nitrogens with zero attached hydrogens (tertiary/aromatic N) is 2. The molecule has 1 aliphatic heterocycles. The molecule has 3 rings (SSSR count). The molecule has 1 aliphatic carbocycles. The summed E-state index contributed by atoms with van der Waals surface area (Å²) in [5.74, 6) is 0.642. The highest BCUT2D eigenvalue weighted by atomic mass is 35.5. The first kappa shape index (κ1) is 19.2. The van der Waals surface area contributed by atoms with Crippen molar-refractivity contribution in [2.45, 2.75) is 19.4 Å². The van der Waals surface area contributed by atoms with E-state index in [9.17, 15) is 4.79 Å². The number of rotatable bonds is 5. The second kappa shape index (κ2) is 8.85. The Morgan fingerprint density at radius 1 is 1.35 bits per heavy atom. The van der Waals surface area contributed by atoms with Crippen LogP contribution in [-0.2, 0) is 16.2 Å². The summed E-state index contributed by atoms with van der Waals surface area (Å²) in [5.41, 5.74) is 1.31. The van der Waals surface area contributed by atoms with Crippen LogP contribution in [0.3, 0.4) is 0 Å². The Hall–Kier alpha value is -1.62. The van der Waals surface area contributed by atoms with E-state index in [1.807, 2.05) is 12.1 Å². The summed E-state index contributed by atoms with van der Waals surface area (Å²) in [7, 11) is 3.24. The third kappa shape index (κ3) is 4.56. The molecule has 0 N–H and O–H groups in total. The van der Waals surface area contributed by atoms with Gasteiger partial charge in [0.25, 0.3) is 0 Å². The Bertz CT molecular complexity index is 674. The Morgan fingerprint density at radius 3 is 2.77 bits per heavy atom. The molecule has 5 heteroatoms. The maximum absolute atomic E-state index is 12.8. The average molecular weight is 375 g/mol. The summed E-state index contributed by atoms with van der Waals surface area (Å²) >= 11 is 6.10. The van der Waals surface area contributed by atoms with Crippen molar-refractivity contribution >= 4 is 17.5 Å². The van der Waals surface area contributed by atoms with Crippen molar-refractivity contribution in [2.75, 3.05) is 27.2 Å². The highest BCUT2D eigenvalue weighted by Crippen LogP contribution is 2.36. The number of hydroxylamine groups is 2. The summed E-state index contributed by atoms with van der Waals surface area (Å²) in [6.45, 7) is 2.75. The minimum Gasteiger partial charge on any atom is -0.299 e. The highest BCUT2D eigenvalue weighted by molar-refractivity contribution is 6.31. The van der Waals surface area contributed by atoms with Gasteiger partial charge >= 0.3 is 0 Å². The van der Waals surface area contributed by atoms with Gasteiger partial charge in [0.2, 0.25) is 5.91 Å². The molecule has 0 radical (unpaired) electrons. The number of allylic oxidation sites excluding steroid dienone is 4. The van der Waals surface area contributed by atoms with E-state index >= 15 is 0 Å². The van der Waals surface area contributed by atoms with Crippen molar-refractivity contribution in [1.29, 1.82) is 0 Å². The van der Waals surface area contributed by atoms with E-state index in [0.717, 1.165) is 37.5 Å². The molecule has 1 amide bonds. The number of benzene rings is 1. The maximum Gasteiger partial charge on any atom is 0.249 e. The quantitative estimate of drug-likeness (QED) is 0.734. The minimum atomic E-state index is -0.0214. The van der Waals surface area contributed by atoms with Gasteiger partial charge in [0.15, 0.2) is 0 Å². The lowest BCUT2D eigenvalue weighted by molar-refractivity contribution is -0.178. The molecule has 140 valence electrons. The number of hydrogen-bond donors (Lipinski definition) is 0. The zero-order valence-corrected chi connectivity index (χ0v) is 16.2. The van der Waals surface area contributed by atoms with E-state index in [4.69, 9.17) is 16.4 Å². The van der Waals surface area contributed by atoms with Crippen molar-refractivity contribution < 1.29 is 9.63 Å². The first-order valence-corrected chi connectivity index (χ1v) is 9.58. The predicted molar refractivity (Wildman–Crippen MR) is 104 cm³/mol. The number of amides is 1. The number of likely N-dealkylation sites (tertiary alicyclic amines) is 1. The Morgan fingerprint density at radius 2 is 2.12 bits per heavy atom. The van der Waals surface area contributed by atoms with Crippen LogP contribution < -0.4 is 0 Å². The summed E-state index contributed by atoms with van der Waals surface area (Å²) in [6.07, 6.45) is 7.94. The molecule has 1 unspecified atom stereocenters. The molecule has 0 bridgehead atoms.